The molecule has 0 bridgehead atoms. The fourth-order valence-corrected chi connectivity index (χ4v) is 3.23. The van der Waals surface area contributed by atoms with E-state index in [1.807, 2.05) is 6.92 Å². The monoisotopic (exact) mass is 412 g/mol. The first kappa shape index (κ1) is 19.2. The van der Waals surface area contributed by atoms with Crippen LogP contribution in [-0.2, 0) is 5.60 Å². The molecular formula is C20H18ClFN6O. The van der Waals surface area contributed by atoms with Gasteiger partial charge in [0, 0.05) is 29.4 Å². The number of nitrogens with zero attached hydrogens (tertiary/aromatic N) is 5. The summed E-state index contributed by atoms with van der Waals surface area (Å²) in [7, 11) is 0. The third-order valence-corrected chi connectivity index (χ3v) is 4.74. The molecular weight excluding hydrogens is 395 g/mol. The van der Waals surface area contributed by atoms with E-state index >= 15 is 0 Å². The molecule has 2 N–H and O–H groups in total. The number of aromatic nitrogens is 5. The van der Waals surface area contributed by atoms with Gasteiger partial charge in [-0.1, -0.05) is 11.6 Å². The molecule has 0 unspecified atom stereocenters. The Morgan fingerprint density at radius 2 is 1.83 bits per heavy atom. The fraction of sp³-hybridized carbons (Fsp3) is 0.200. The molecule has 0 amide bonds. The lowest BCUT2D eigenvalue weighted by Crippen LogP contribution is -2.16. The van der Waals surface area contributed by atoms with E-state index < -0.39 is 11.4 Å². The minimum Gasteiger partial charge on any atom is -0.386 e. The van der Waals surface area contributed by atoms with Crippen LogP contribution in [0.1, 0.15) is 25.1 Å². The van der Waals surface area contributed by atoms with E-state index in [1.165, 1.54) is 23.1 Å². The molecule has 4 rings (SSSR count). The van der Waals surface area contributed by atoms with Gasteiger partial charge in [0.2, 0.25) is 0 Å². The molecule has 3 aromatic heterocycles. The molecule has 0 atom stereocenters. The van der Waals surface area contributed by atoms with Crippen LogP contribution in [0.15, 0.2) is 43.0 Å². The second kappa shape index (κ2) is 7.06. The quantitative estimate of drug-likeness (QED) is 0.520. The van der Waals surface area contributed by atoms with E-state index in [9.17, 15) is 9.50 Å². The number of rotatable bonds is 4. The zero-order valence-electron chi connectivity index (χ0n) is 16.0. The Bertz CT molecular complexity index is 1190. The van der Waals surface area contributed by atoms with Crippen LogP contribution in [0.3, 0.4) is 0 Å². The van der Waals surface area contributed by atoms with Gasteiger partial charge in [0.1, 0.15) is 23.7 Å². The van der Waals surface area contributed by atoms with Crippen LogP contribution in [0.4, 0.5) is 16.0 Å². The summed E-state index contributed by atoms with van der Waals surface area (Å²) < 4.78 is 16.3. The number of fused-ring (bicyclic) bond motifs is 1. The van der Waals surface area contributed by atoms with Crippen LogP contribution in [0.25, 0.3) is 16.6 Å². The Morgan fingerprint density at radius 3 is 2.52 bits per heavy atom. The highest BCUT2D eigenvalue weighted by Crippen LogP contribution is 2.32. The van der Waals surface area contributed by atoms with Gasteiger partial charge in [-0.3, -0.25) is 0 Å². The number of halogens is 2. The van der Waals surface area contributed by atoms with Crippen LogP contribution < -0.4 is 5.32 Å². The molecule has 0 fully saturated rings. The third-order valence-electron chi connectivity index (χ3n) is 4.45. The number of aliphatic hydroxyl groups is 1. The molecule has 0 radical (unpaired) electrons. The zero-order chi connectivity index (χ0) is 20.8. The Hall–Kier alpha value is -3.10. The van der Waals surface area contributed by atoms with E-state index in [-0.39, 0.29) is 10.7 Å². The Labute approximate surface area is 171 Å². The summed E-state index contributed by atoms with van der Waals surface area (Å²) in [6.07, 6.45) is 4.67. The average Bonchev–Trinajstić information content (AvgIpc) is 3.03. The van der Waals surface area contributed by atoms with E-state index in [2.05, 4.69) is 25.4 Å². The summed E-state index contributed by atoms with van der Waals surface area (Å²) >= 11 is 6.36. The third kappa shape index (κ3) is 3.76. The zero-order valence-corrected chi connectivity index (χ0v) is 16.7. The summed E-state index contributed by atoms with van der Waals surface area (Å²) in [6, 6.07) is 6.32. The maximum Gasteiger partial charge on any atom is 0.150 e. The van der Waals surface area contributed by atoms with Crippen LogP contribution in [0.5, 0.6) is 0 Å². The highest BCUT2D eigenvalue weighted by molar-refractivity contribution is 6.32. The normalized spacial score (nSPS) is 11.8. The highest BCUT2D eigenvalue weighted by Gasteiger charge is 2.22. The predicted molar refractivity (Wildman–Crippen MR) is 109 cm³/mol. The second-order valence-electron chi connectivity index (χ2n) is 7.20. The molecule has 0 saturated carbocycles. The molecule has 0 spiro atoms. The van der Waals surface area contributed by atoms with Crippen molar-refractivity contribution >= 4 is 34.1 Å². The first-order chi connectivity index (χ1) is 13.7. The number of anilines is 2. The van der Waals surface area contributed by atoms with Crippen molar-refractivity contribution in [1.29, 1.82) is 0 Å². The molecule has 0 aliphatic rings. The highest BCUT2D eigenvalue weighted by atomic mass is 35.5. The van der Waals surface area contributed by atoms with Gasteiger partial charge in [0.25, 0.3) is 0 Å². The smallest absolute Gasteiger partial charge is 0.150 e. The van der Waals surface area contributed by atoms with Crippen LogP contribution in [0.2, 0.25) is 5.02 Å². The molecule has 148 valence electrons. The van der Waals surface area contributed by atoms with Gasteiger partial charge < -0.3 is 10.4 Å². The Kier molecular flexibility index (Phi) is 4.68. The van der Waals surface area contributed by atoms with Gasteiger partial charge in [-0.25, -0.2) is 24.0 Å². The fourth-order valence-electron chi connectivity index (χ4n) is 2.94. The van der Waals surface area contributed by atoms with Gasteiger partial charge in [0.05, 0.1) is 22.3 Å². The SMILES string of the molecule is Cc1cc(Nc2cc3c(cn2)cnn3-c2c(F)cc(C(C)(C)O)cc2Cl)ncn1. The Balaban J connectivity index is 1.79. The lowest BCUT2D eigenvalue weighted by Gasteiger charge is -2.19. The maximum absolute atomic E-state index is 14.9. The van der Waals surface area contributed by atoms with Crippen molar-refractivity contribution in [1.82, 2.24) is 24.7 Å². The number of pyridine rings is 1. The topological polar surface area (TPSA) is 88.8 Å². The average molecular weight is 413 g/mol. The van der Waals surface area contributed by atoms with Crippen molar-refractivity contribution in [3.63, 3.8) is 0 Å². The van der Waals surface area contributed by atoms with Gasteiger partial charge in [-0.2, -0.15) is 5.10 Å². The van der Waals surface area contributed by atoms with Gasteiger partial charge in [-0.15, -0.1) is 0 Å². The van der Waals surface area contributed by atoms with Crippen molar-refractivity contribution in [3.8, 4) is 5.69 Å². The molecule has 4 aromatic rings. The first-order valence-corrected chi connectivity index (χ1v) is 9.22. The Morgan fingerprint density at radius 1 is 1.07 bits per heavy atom. The molecule has 3 heterocycles. The standard InChI is InChI=1S/C20H18ClFN6O/c1-11-4-17(25-10-24-11)27-18-7-16-12(8-23-18)9-26-28(16)19-14(21)5-13(6-15(19)22)20(2,3)29/h4-10,29H,1-3H3,(H,23,24,25,27). The van der Waals surface area contributed by atoms with E-state index in [1.54, 1.807) is 38.4 Å². The first-order valence-electron chi connectivity index (χ1n) is 8.84. The summed E-state index contributed by atoms with van der Waals surface area (Å²) in [6.45, 7) is 5.00. The summed E-state index contributed by atoms with van der Waals surface area (Å²) in [5.74, 6) is 0.522. The molecule has 9 heteroatoms. The van der Waals surface area contributed by atoms with Crippen molar-refractivity contribution in [3.05, 3.63) is 65.1 Å². The van der Waals surface area contributed by atoms with Gasteiger partial charge in [-0.05, 0) is 38.5 Å². The van der Waals surface area contributed by atoms with Gasteiger partial charge >= 0.3 is 0 Å². The summed E-state index contributed by atoms with van der Waals surface area (Å²) in [4.78, 5) is 12.6. The molecule has 1 aromatic carbocycles. The maximum atomic E-state index is 14.9. The van der Waals surface area contributed by atoms with Crippen LogP contribution in [-0.4, -0.2) is 29.8 Å². The molecule has 29 heavy (non-hydrogen) atoms. The summed E-state index contributed by atoms with van der Waals surface area (Å²) in [5.41, 5.74) is 0.693. The molecule has 0 saturated heterocycles. The molecule has 0 aliphatic heterocycles. The second-order valence-corrected chi connectivity index (χ2v) is 7.61. The number of hydrogen-bond acceptors (Lipinski definition) is 6. The van der Waals surface area contributed by atoms with Crippen molar-refractivity contribution < 1.29 is 9.50 Å². The molecule has 0 aliphatic carbocycles. The van der Waals surface area contributed by atoms with Crippen molar-refractivity contribution in [2.75, 3.05) is 5.32 Å². The minimum absolute atomic E-state index is 0.102. The van der Waals surface area contributed by atoms with Crippen LogP contribution in [0, 0.1) is 12.7 Å². The van der Waals surface area contributed by atoms with Crippen LogP contribution >= 0.6 is 11.6 Å². The summed E-state index contributed by atoms with van der Waals surface area (Å²) in [5, 5.41) is 18.4. The van der Waals surface area contributed by atoms with Crippen molar-refractivity contribution in [2.24, 2.45) is 0 Å². The number of nitrogens with one attached hydrogen (secondary N) is 1. The van der Waals surface area contributed by atoms with Crippen molar-refractivity contribution in [2.45, 2.75) is 26.4 Å². The number of hydrogen-bond donors (Lipinski definition) is 2. The van der Waals surface area contributed by atoms with Gasteiger partial charge in [0.15, 0.2) is 5.82 Å². The number of aryl methyl sites for hydroxylation is 1. The lowest BCUT2D eigenvalue weighted by atomic mass is 9.98. The number of benzene rings is 1. The predicted octanol–water partition coefficient (Wildman–Crippen LogP) is 4.28. The van der Waals surface area contributed by atoms with E-state index in [4.69, 9.17) is 11.6 Å². The van der Waals surface area contributed by atoms with E-state index in [0.29, 0.717) is 22.7 Å². The van der Waals surface area contributed by atoms with E-state index in [0.717, 1.165) is 11.1 Å². The lowest BCUT2D eigenvalue weighted by molar-refractivity contribution is 0.0782. The minimum atomic E-state index is -1.22. The molecule has 7 nitrogen and oxygen atoms in total. The largest absolute Gasteiger partial charge is 0.386 e.